The number of methoxy groups -OCH3 is 1. The number of allylic oxidation sites excluding steroid dienone is 1. The Hall–Kier alpha value is -2.51. The molecular formula is C14H11F3N2O2. The van der Waals surface area contributed by atoms with Crippen LogP contribution in [0.15, 0.2) is 23.8 Å². The summed E-state index contributed by atoms with van der Waals surface area (Å²) in [5, 5.41) is 17.3. The molecule has 0 radical (unpaired) electrons. The highest BCUT2D eigenvalue weighted by Crippen LogP contribution is 2.23. The van der Waals surface area contributed by atoms with Crippen molar-refractivity contribution >= 4 is 6.08 Å². The maximum Gasteiger partial charge on any atom is 0.411 e. The monoisotopic (exact) mass is 296 g/mol. The molecule has 1 rings (SSSR count). The summed E-state index contributed by atoms with van der Waals surface area (Å²) in [6.45, 7) is -1.66. The molecule has 0 aliphatic rings. The van der Waals surface area contributed by atoms with Crippen LogP contribution in [-0.4, -0.2) is 19.9 Å². The van der Waals surface area contributed by atoms with Crippen LogP contribution in [0.1, 0.15) is 11.1 Å². The first-order chi connectivity index (χ1) is 9.89. The molecule has 0 saturated carbocycles. The standard InChI is InChI=1S/C14H11F3N2O2/c1-20-13-3-2-10(4-11(6-18)7-19)5-12(13)8-21-9-14(15,16)17/h2-5H,8-9H2,1H3. The Morgan fingerprint density at radius 1 is 1.29 bits per heavy atom. The highest BCUT2D eigenvalue weighted by atomic mass is 19.4. The van der Waals surface area contributed by atoms with Gasteiger partial charge in [-0.25, -0.2) is 0 Å². The maximum atomic E-state index is 12.0. The first kappa shape index (κ1) is 16.5. The quantitative estimate of drug-likeness (QED) is 0.783. The minimum atomic E-state index is -4.40. The van der Waals surface area contributed by atoms with Gasteiger partial charge in [-0.1, -0.05) is 6.07 Å². The van der Waals surface area contributed by atoms with E-state index in [2.05, 4.69) is 4.74 Å². The molecule has 1 aromatic carbocycles. The maximum absolute atomic E-state index is 12.0. The molecule has 21 heavy (non-hydrogen) atoms. The summed E-state index contributed by atoms with van der Waals surface area (Å²) in [5.41, 5.74) is 0.785. The molecule has 0 aliphatic heterocycles. The largest absolute Gasteiger partial charge is 0.496 e. The van der Waals surface area contributed by atoms with Gasteiger partial charge in [-0.3, -0.25) is 0 Å². The van der Waals surface area contributed by atoms with E-state index in [0.717, 1.165) is 0 Å². The van der Waals surface area contributed by atoms with E-state index in [1.54, 1.807) is 18.2 Å². The fourth-order valence-electron chi connectivity index (χ4n) is 1.53. The van der Waals surface area contributed by atoms with Gasteiger partial charge in [0.25, 0.3) is 0 Å². The van der Waals surface area contributed by atoms with Crippen LogP contribution in [-0.2, 0) is 11.3 Å². The van der Waals surface area contributed by atoms with E-state index in [0.29, 0.717) is 16.9 Å². The number of halogens is 3. The summed E-state index contributed by atoms with van der Waals surface area (Å²) in [4.78, 5) is 0. The molecule has 0 aliphatic carbocycles. The molecule has 0 heterocycles. The third-order valence-corrected chi connectivity index (χ3v) is 2.38. The fraction of sp³-hybridized carbons (Fsp3) is 0.286. The van der Waals surface area contributed by atoms with E-state index in [-0.39, 0.29) is 12.2 Å². The molecule has 0 bridgehead atoms. The highest BCUT2D eigenvalue weighted by Gasteiger charge is 2.27. The number of rotatable bonds is 5. The van der Waals surface area contributed by atoms with Crippen LogP contribution in [0.25, 0.3) is 6.08 Å². The van der Waals surface area contributed by atoms with Gasteiger partial charge in [-0.2, -0.15) is 23.7 Å². The fourth-order valence-corrected chi connectivity index (χ4v) is 1.53. The van der Waals surface area contributed by atoms with Gasteiger partial charge in [0.15, 0.2) is 0 Å². The Labute approximate surface area is 119 Å². The lowest BCUT2D eigenvalue weighted by atomic mass is 10.1. The van der Waals surface area contributed by atoms with E-state index in [4.69, 9.17) is 15.3 Å². The second-order valence-corrected chi connectivity index (χ2v) is 3.96. The Morgan fingerprint density at radius 3 is 2.48 bits per heavy atom. The predicted molar refractivity (Wildman–Crippen MR) is 67.9 cm³/mol. The van der Waals surface area contributed by atoms with Crippen molar-refractivity contribution in [1.29, 1.82) is 10.5 Å². The molecular weight excluding hydrogens is 285 g/mol. The first-order valence-electron chi connectivity index (χ1n) is 5.73. The minimum Gasteiger partial charge on any atom is -0.496 e. The second kappa shape index (κ2) is 7.32. The minimum absolute atomic E-state index is 0.109. The van der Waals surface area contributed by atoms with Gasteiger partial charge in [0, 0.05) is 5.56 Å². The Morgan fingerprint density at radius 2 is 1.95 bits per heavy atom. The first-order valence-corrected chi connectivity index (χ1v) is 5.73. The van der Waals surface area contributed by atoms with Gasteiger partial charge in [-0.05, 0) is 23.8 Å². The molecule has 0 atom stereocenters. The van der Waals surface area contributed by atoms with E-state index in [9.17, 15) is 13.2 Å². The van der Waals surface area contributed by atoms with E-state index in [1.807, 2.05) is 0 Å². The molecule has 110 valence electrons. The zero-order valence-corrected chi connectivity index (χ0v) is 11.1. The topological polar surface area (TPSA) is 66.0 Å². The molecule has 0 saturated heterocycles. The lowest BCUT2D eigenvalue weighted by molar-refractivity contribution is -0.176. The third-order valence-electron chi connectivity index (χ3n) is 2.38. The second-order valence-electron chi connectivity index (χ2n) is 3.96. The van der Waals surface area contributed by atoms with Crippen molar-refractivity contribution in [2.24, 2.45) is 0 Å². The number of alkyl halides is 3. The summed E-state index contributed by atoms with van der Waals surface area (Å²) in [6.07, 6.45) is -3.08. The Kier molecular flexibility index (Phi) is 5.77. The zero-order valence-electron chi connectivity index (χ0n) is 11.1. The van der Waals surface area contributed by atoms with Gasteiger partial charge in [0.1, 0.15) is 30.1 Å². The van der Waals surface area contributed by atoms with Crippen molar-refractivity contribution in [3.63, 3.8) is 0 Å². The van der Waals surface area contributed by atoms with Gasteiger partial charge < -0.3 is 9.47 Å². The van der Waals surface area contributed by atoms with E-state index in [1.165, 1.54) is 25.3 Å². The molecule has 0 N–H and O–H groups in total. The Balaban J connectivity index is 2.94. The van der Waals surface area contributed by atoms with E-state index < -0.39 is 12.8 Å². The lowest BCUT2D eigenvalue weighted by Crippen LogP contribution is -2.16. The number of nitrogens with zero attached hydrogens (tertiary/aromatic N) is 2. The molecule has 4 nitrogen and oxygen atoms in total. The summed E-state index contributed by atoms with van der Waals surface area (Å²) < 4.78 is 45.7. The molecule has 0 unspecified atom stereocenters. The number of hydrogen-bond acceptors (Lipinski definition) is 4. The van der Waals surface area contributed by atoms with Crippen LogP contribution in [0.2, 0.25) is 0 Å². The number of nitriles is 2. The summed E-state index contributed by atoms with van der Waals surface area (Å²) in [6, 6.07) is 8.02. The van der Waals surface area contributed by atoms with Crippen LogP contribution in [0.4, 0.5) is 13.2 Å². The number of ether oxygens (including phenoxy) is 2. The average molecular weight is 296 g/mol. The predicted octanol–water partition coefficient (Wildman–Crippen LogP) is 3.20. The van der Waals surface area contributed by atoms with Crippen molar-refractivity contribution in [3.8, 4) is 17.9 Å². The molecule has 0 fully saturated rings. The highest BCUT2D eigenvalue weighted by molar-refractivity contribution is 5.63. The van der Waals surface area contributed by atoms with Crippen LogP contribution in [0.3, 0.4) is 0 Å². The number of benzene rings is 1. The smallest absolute Gasteiger partial charge is 0.411 e. The molecule has 0 aromatic heterocycles. The van der Waals surface area contributed by atoms with Gasteiger partial charge in [0.2, 0.25) is 0 Å². The Bertz CT molecular complexity index is 594. The van der Waals surface area contributed by atoms with Crippen molar-refractivity contribution < 1.29 is 22.6 Å². The van der Waals surface area contributed by atoms with Crippen LogP contribution >= 0.6 is 0 Å². The van der Waals surface area contributed by atoms with Crippen molar-refractivity contribution in [3.05, 3.63) is 34.9 Å². The van der Waals surface area contributed by atoms with Crippen LogP contribution in [0.5, 0.6) is 5.75 Å². The van der Waals surface area contributed by atoms with Crippen molar-refractivity contribution in [2.45, 2.75) is 12.8 Å². The molecule has 1 aromatic rings. The van der Waals surface area contributed by atoms with Gasteiger partial charge in [-0.15, -0.1) is 0 Å². The van der Waals surface area contributed by atoms with Crippen LogP contribution < -0.4 is 4.74 Å². The van der Waals surface area contributed by atoms with Crippen molar-refractivity contribution in [2.75, 3.05) is 13.7 Å². The van der Waals surface area contributed by atoms with Crippen LogP contribution in [0, 0.1) is 22.7 Å². The lowest BCUT2D eigenvalue weighted by Gasteiger charge is -2.11. The summed E-state index contributed by atoms with van der Waals surface area (Å²) in [5.74, 6) is 0.366. The number of hydrogen-bond donors (Lipinski definition) is 0. The average Bonchev–Trinajstić information content (AvgIpc) is 2.43. The van der Waals surface area contributed by atoms with Gasteiger partial charge >= 0.3 is 6.18 Å². The summed E-state index contributed by atoms with van der Waals surface area (Å²) in [7, 11) is 1.38. The van der Waals surface area contributed by atoms with Crippen molar-refractivity contribution in [1.82, 2.24) is 0 Å². The van der Waals surface area contributed by atoms with E-state index >= 15 is 0 Å². The molecule has 0 amide bonds. The molecule has 7 heteroatoms. The summed E-state index contributed by atoms with van der Waals surface area (Å²) >= 11 is 0. The zero-order chi connectivity index (χ0) is 15.9. The third kappa shape index (κ3) is 5.55. The molecule has 0 spiro atoms. The van der Waals surface area contributed by atoms with Gasteiger partial charge in [0.05, 0.1) is 13.7 Å². The SMILES string of the molecule is COc1ccc(C=C(C#N)C#N)cc1COCC(F)(F)F. The normalized spacial score (nSPS) is 10.4.